The third-order valence-corrected chi connectivity index (χ3v) is 3.46. The molecule has 0 fully saturated rings. The van der Waals surface area contributed by atoms with Crippen LogP contribution < -0.4 is 10.1 Å². The number of nitrogens with one attached hydrogen (secondary N) is 1. The smallest absolute Gasteiger partial charge is 0.336 e. The molecular weight excluding hydrogens is 316 g/mol. The van der Waals surface area contributed by atoms with Gasteiger partial charge in [0.2, 0.25) is 5.91 Å². The van der Waals surface area contributed by atoms with E-state index in [4.69, 9.17) is 4.74 Å². The van der Waals surface area contributed by atoms with Crippen LogP contribution in [0.3, 0.4) is 0 Å². The van der Waals surface area contributed by atoms with Gasteiger partial charge in [0.05, 0.1) is 5.52 Å². The second-order valence-electron chi connectivity index (χ2n) is 5.38. The summed E-state index contributed by atoms with van der Waals surface area (Å²) in [6.07, 6.45) is 4.77. The summed E-state index contributed by atoms with van der Waals surface area (Å²) in [7, 11) is 0. The number of ether oxygens (including phenoxy) is 1. The molecule has 0 bridgehead atoms. The second-order valence-corrected chi connectivity index (χ2v) is 5.38. The van der Waals surface area contributed by atoms with Crippen molar-refractivity contribution in [2.24, 2.45) is 0 Å². The number of amides is 1. The Balaban J connectivity index is 1.69. The van der Waals surface area contributed by atoms with Gasteiger partial charge in [-0.2, -0.15) is 0 Å². The number of hydrogen-bond acceptors (Lipinski definition) is 4. The Kier molecular flexibility index (Phi) is 4.85. The first-order valence-corrected chi connectivity index (χ1v) is 7.73. The van der Waals surface area contributed by atoms with Gasteiger partial charge in [0, 0.05) is 35.8 Å². The van der Waals surface area contributed by atoms with Crippen molar-refractivity contribution in [2.75, 3.05) is 5.32 Å². The molecule has 124 valence electrons. The SMILES string of the molecule is CC(=O)Nc1ccc(OC(=O)/C=C/c2cccc3cccnc23)cc1. The summed E-state index contributed by atoms with van der Waals surface area (Å²) in [5.74, 6) is -0.239. The lowest BCUT2D eigenvalue weighted by atomic mass is 10.1. The van der Waals surface area contributed by atoms with Crippen LogP contribution in [0.5, 0.6) is 5.75 Å². The topological polar surface area (TPSA) is 68.3 Å². The van der Waals surface area contributed by atoms with Crippen LogP contribution in [0, 0.1) is 0 Å². The monoisotopic (exact) mass is 332 g/mol. The molecule has 5 heteroatoms. The minimum absolute atomic E-state index is 0.156. The maximum atomic E-state index is 12.0. The number of rotatable bonds is 4. The highest BCUT2D eigenvalue weighted by atomic mass is 16.5. The van der Waals surface area contributed by atoms with Crippen molar-refractivity contribution in [1.29, 1.82) is 0 Å². The Morgan fingerprint density at radius 1 is 1.04 bits per heavy atom. The lowest BCUT2D eigenvalue weighted by molar-refractivity contribution is -0.128. The zero-order valence-electron chi connectivity index (χ0n) is 13.6. The number of para-hydroxylation sites is 1. The van der Waals surface area contributed by atoms with Crippen molar-refractivity contribution < 1.29 is 14.3 Å². The molecule has 3 rings (SSSR count). The minimum atomic E-state index is -0.486. The van der Waals surface area contributed by atoms with Gasteiger partial charge in [-0.05, 0) is 36.4 Å². The summed E-state index contributed by atoms with van der Waals surface area (Å²) in [5.41, 5.74) is 2.31. The van der Waals surface area contributed by atoms with E-state index in [0.29, 0.717) is 11.4 Å². The Hall–Kier alpha value is -3.47. The number of nitrogens with zero attached hydrogens (tertiary/aromatic N) is 1. The molecular formula is C20H16N2O3. The summed E-state index contributed by atoms with van der Waals surface area (Å²) in [6.45, 7) is 1.43. The normalized spacial score (nSPS) is 10.8. The maximum absolute atomic E-state index is 12.0. The molecule has 1 heterocycles. The first-order chi connectivity index (χ1) is 12.1. The molecule has 0 aliphatic carbocycles. The Labute approximate surface area is 145 Å². The molecule has 0 aliphatic rings. The molecule has 3 aromatic rings. The van der Waals surface area contributed by atoms with Gasteiger partial charge in [-0.1, -0.05) is 24.3 Å². The number of carbonyl (C=O) groups excluding carboxylic acids is 2. The highest BCUT2D eigenvalue weighted by molar-refractivity contribution is 5.93. The second kappa shape index (κ2) is 7.40. The Morgan fingerprint density at radius 3 is 2.56 bits per heavy atom. The zero-order chi connectivity index (χ0) is 17.6. The number of aromatic nitrogens is 1. The summed E-state index contributed by atoms with van der Waals surface area (Å²) in [6, 6.07) is 16.2. The molecule has 0 unspecified atom stereocenters. The predicted octanol–water partition coefficient (Wildman–Crippen LogP) is 3.81. The van der Waals surface area contributed by atoms with E-state index in [9.17, 15) is 9.59 Å². The fourth-order valence-corrected chi connectivity index (χ4v) is 2.38. The minimum Gasteiger partial charge on any atom is -0.423 e. The molecule has 25 heavy (non-hydrogen) atoms. The third kappa shape index (κ3) is 4.29. The number of fused-ring (bicyclic) bond motifs is 1. The molecule has 0 atom stereocenters. The molecule has 0 saturated carbocycles. The highest BCUT2D eigenvalue weighted by Crippen LogP contribution is 2.18. The summed E-state index contributed by atoms with van der Waals surface area (Å²) in [4.78, 5) is 27.3. The average molecular weight is 332 g/mol. The van der Waals surface area contributed by atoms with Gasteiger partial charge in [0.1, 0.15) is 5.75 Å². The van der Waals surface area contributed by atoms with E-state index in [2.05, 4.69) is 10.3 Å². The predicted molar refractivity (Wildman–Crippen MR) is 97.2 cm³/mol. The van der Waals surface area contributed by atoms with Crippen molar-refractivity contribution >= 4 is 34.5 Å². The van der Waals surface area contributed by atoms with Crippen LogP contribution in [0.15, 0.2) is 66.9 Å². The zero-order valence-corrected chi connectivity index (χ0v) is 13.6. The quantitative estimate of drug-likeness (QED) is 0.448. The molecule has 0 saturated heterocycles. The summed E-state index contributed by atoms with van der Waals surface area (Å²) in [5, 5.41) is 3.65. The number of carbonyl (C=O) groups is 2. The highest BCUT2D eigenvalue weighted by Gasteiger charge is 2.03. The van der Waals surface area contributed by atoms with E-state index >= 15 is 0 Å². The van der Waals surface area contributed by atoms with E-state index in [-0.39, 0.29) is 5.91 Å². The molecule has 1 aromatic heterocycles. The van der Waals surface area contributed by atoms with Gasteiger partial charge in [-0.3, -0.25) is 9.78 Å². The van der Waals surface area contributed by atoms with E-state index in [0.717, 1.165) is 16.5 Å². The van der Waals surface area contributed by atoms with Crippen molar-refractivity contribution in [2.45, 2.75) is 6.92 Å². The Morgan fingerprint density at radius 2 is 1.80 bits per heavy atom. The summed E-state index contributed by atoms with van der Waals surface area (Å²) < 4.78 is 5.25. The van der Waals surface area contributed by atoms with Crippen LogP contribution in [0.4, 0.5) is 5.69 Å². The molecule has 0 spiro atoms. The van der Waals surface area contributed by atoms with Crippen LogP contribution in [0.1, 0.15) is 12.5 Å². The van der Waals surface area contributed by atoms with Crippen LogP contribution in [-0.4, -0.2) is 16.9 Å². The standard InChI is InChI=1S/C20H16N2O3/c1-14(23)22-17-8-10-18(11-9-17)25-19(24)12-7-16-5-2-4-15-6-3-13-21-20(15)16/h2-13H,1H3,(H,22,23)/b12-7+. The van der Waals surface area contributed by atoms with Gasteiger partial charge in [-0.25, -0.2) is 4.79 Å². The van der Waals surface area contributed by atoms with Crippen molar-refractivity contribution in [3.63, 3.8) is 0 Å². The van der Waals surface area contributed by atoms with E-state index in [1.807, 2.05) is 30.3 Å². The van der Waals surface area contributed by atoms with Crippen LogP contribution in [-0.2, 0) is 9.59 Å². The fourth-order valence-electron chi connectivity index (χ4n) is 2.38. The molecule has 1 amide bonds. The molecule has 5 nitrogen and oxygen atoms in total. The number of pyridine rings is 1. The number of esters is 1. The number of benzene rings is 2. The third-order valence-electron chi connectivity index (χ3n) is 3.46. The van der Waals surface area contributed by atoms with Gasteiger partial charge in [-0.15, -0.1) is 0 Å². The van der Waals surface area contributed by atoms with Gasteiger partial charge >= 0.3 is 5.97 Å². The van der Waals surface area contributed by atoms with Crippen molar-refractivity contribution in [3.05, 3.63) is 72.4 Å². The summed E-state index contributed by atoms with van der Waals surface area (Å²) >= 11 is 0. The van der Waals surface area contributed by atoms with E-state index < -0.39 is 5.97 Å². The van der Waals surface area contributed by atoms with Gasteiger partial charge in [0.15, 0.2) is 0 Å². The Bertz CT molecular complexity index is 941. The lowest BCUT2D eigenvalue weighted by Crippen LogP contribution is -2.06. The van der Waals surface area contributed by atoms with E-state index in [1.165, 1.54) is 13.0 Å². The average Bonchev–Trinajstić information content (AvgIpc) is 2.61. The molecule has 0 radical (unpaired) electrons. The first-order valence-electron chi connectivity index (χ1n) is 7.73. The van der Waals surface area contributed by atoms with Crippen LogP contribution in [0.2, 0.25) is 0 Å². The van der Waals surface area contributed by atoms with Gasteiger partial charge < -0.3 is 10.1 Å². The first kappa shape index (κ1) is 16.4. The van der Waals surface area contributed by atoms with Crippen LogP contribution >= 0.6 is 0 Å². The molecule has 2 aromatic carbocycles. The molecule has 1 N–H and O–H groups in total. The van der Waals surface area contributed by atoms with Crippen molar-refractivity contribution in [1.82, 2.24) is 4.98 Å². The molecule has 0 aliphatic heterocycles. The van der Waals surface area contributed by atoms with E-state index in [1.54, 1.807) is 36.5 Å². The number of hydrogen-bond donors (Lipinski definition) is 1. The largest absolute Gasteiger partial charge is 0.423 e. The lowest BCUT2D eigenvalue weighted by Gasteiger charge is -2.04. The maximum Gasteiger partial charge on any atom is 0.336 e. The van der Waals surface area contributed by atoms with Gasteiger partial charge in [0.25, 0.3) is 0 Å². The van der Waals surface area contributed by atoms with Crippen LogP contribution in [0.25, 0.3) is 17.0 Å². The van der Waals surface area contributed by atoms with Crippen molar-refractivity contribution in [3.8, 4) is 5.75 Å². The fraction of sp³-hybridized carbons (Fsp3) is 0.0500. The number of anilines is 1.